The molecule has 1 rings (SSSR count). The van der Waals surface area contributed by atoms with Gasteiger partial charge in [0, 0.05) is 26.1 Å². The lowest BCUT2D eigenvalue weighted by molar-refractivity contribution is -0.131. The average Bonchev–Trinajstić information content (AvgIpc) is 2.36. The highest BCUT2D eigenvalue weighted by atomic mass is 19.1. The fourth-order valence-corrected chi connectivity index (χ4v) is 1.95. The zero-order chi connectivity index (χ0) is 15.1. The third-order valence-electron chi connectivity index (χ3n) is 2.98. The van der Waals surface area contributed by atoms with E-state index in [9.17, 15) is 14.0 Å². The minimum absolute atomic E-state index is 0.00668. The average molecular weight is 280 g/mol. The van der Waals surface area contributed by atoms with E-state index < -0.39 is 0 Å². The zero-order valence-corrected chi connectivity index (χ0v) is 12.1. The van der Waals surface area contributed by atoms with Crippen LogP contribution in [0.15, 0.2) is 24.3 Å². The molecule has 0 radical (unpaired) electrons. The van der Waals surface area contributed by atoms with Gasteiger partial charge in [0.25, 0.3) is 0 Å². The van der Waals surface area contributed by atoms with E-state index in [1.165, 1.54) is 19.1 Å². The summed E-state index contributed by atoms with van der Waals surface area (Å²) in [5.74, 6) is -0.458. The second-order valence-electron chi connectivity index (χ2n) is 4.96. The second kappa shape index (κ2) is 7.62. The topological polar surface area (TPSA) is 49.4 Å². The number of rotatable bonds is 6. The third-order valence-corrected chi connectivity index (χ3v) is 2.98. The van der Waals surface area contributed by atoms with Gasteiger partial charge in [-0.1, -0.05) is 12.1 Å². The normalized spacial score (nSPS) is 10.4. The van der Waals surface area contributed by atoms with Crippen molar-refractivity contribution >= 4 is 11.8 Å². The molecule has 1 aromatic rings. The highest BCUT2D eigenvalue weighted by molar-refractivity contribution is 5.78. The minimum atomic E-state index is -0.316. The fraction of sp³-hybridized carbons (Fsp3) is 0.467. The predicted molar refractivity (Wildman–Crippen MR) is 75.6 cm³/mol. The van der Waals surface area contributed by atoms with Crippen LogP contribution in [0.2, 0.25) is 0 Å². The number of carbonyl (C=O) groups is 2. The molecule has 4 nitrogen and oxygen atoms in total. The quantitative estimate of drug-likeness (QED) is 0.863. The molecule has 0 saturated carbocycles. The van der Waals surface area contributed by atoms with Crippen molar-refractivity contribution in [3.8, 4) is 0 Å². The van der Waals surface area contributed by atoms with Crippen molar-refractivity contribution in [2.45, 2.75) is 33.2 Å². The lowest BCUT2D eigenvalue weighted by atomic mass is 10.1. The van der Waals surface area contributed by atoms with Gasteiger partial charge in [-0.2, -0.15) is 0 Å². The van der Waals surface area contributed by atoms with E-state index in [0.29, 0.717) is 13.1 Å². The summed E-state index contributed by atoms with van der Waals surface area (Å²) < 4.78 is 12.7. The maximum atomic E-state index is 12.7. The summed E-state index contributed by atoms with van der Waals surface area (Å²) >= 11 is 0. The molecule has 0 aliphatic carbocycles. The van der Waals surface area contributed by atoms with E-state index >= 15 is 0 Å². The van der Waals surface area contributed by atoms with Gasteiger partial charge < -0.3 is 10.2 Å². The molecule has 110 valence electrons. The molecule has 1 aromatic carbocycles. The summed E-state index contributed by atoms with van der Waals surface area (Å²) in [6.45, 7) is 6.28. The van der Waals surface area contributed by atoms with Gasteiger partial charge >= 0.3 is 0 Å². The molecule has 0 unspecified atom stereocenters. The van der Waals surface area contributed by atoms with Crippen LogP contribution < -0.4 is 5.32 Å². The summed E-state index contributed by atoms with van der Waals surface area (Å²) in [7, 11) is 0. The Morgan fingerprint density at radius 2 is 1.85 bits per heavy atom. The number of hydrogen-bond donors (Lipinski definition) is 1. The summed E-state index contributed by atoms with van der Waals surface area (Å²) in [6, 6.07) is 5.95. The van der Waals surface area contributed by atoms with Gasteiger partial charge in [-0.25, -0.2) is 4.39 Å². The summed E-state index contributed by atoms with van der Waals surface area (Å²) in [4.78, 5) is 24.8. The standard InChI is InChI=1S/C15H21FN2O2/c1-11(2)18(12(3)19)9-8-17-15(20)10-13-4-6-14(16)7-5-13/h4-7,11H,8-10H2,1-3H3,(H,17,20). The van der Waals surface area contributed by atoms with Crippen LogP contribution in [-0.4, -0.2) is 35.8 Å². The zero-order valence-electron chi connectivity index (χ0n) is 12.1. The van der Waals surface area contributed by atoms with Crippen LogP contribution in [0.5, 0.6) is 0 Å². The van der Waals surface area contributed by atoms with Gasteiger partial charge in [0.15, 0.2) is 0 Å². The molecule has 0 aromatic heterocycles. The highest BCUT2D eigenvalue weighted by Gasteiger charge is 2.12. The van der Waals surface area contributed by atoms with Crippen LogP contribution in [0.1, 0.15) is 26.3 Å². The lowest BCUT2D eigenvalue weighted by Gasteiger charge is -2.25. The number of nitrogens with one attached hydrogen (secondary N) is 1. The van der Waals surface area contributed by atoms with Gasteiger partial charge in [0.05, 0.1) is 6.42 Å². The molecule has 5 heteroatoms. The number of benzene rings is 1. The molecule has 20 heavy (non-hydrogen) atoms. The number of carbonyl (C=O) groups excluding carboxylic acids is 2. The Hall–Kier alpha value is -1.91. The number of halogens is 1. The minimum Gasteiger partial charge on any atom is -0.354 e. The number of nitrogens with zero attached hydrogens (tertiary/aromatic N) is 1. The maximum Gasteiger partial charge on any atom is 0.224 e. The Bertz CT molecular complexity index is 457. The van der Waals surface area contributed by atoms with Crippen LogP contribution in [0.4, 0.5) is 4.39 Å². The van der Waals surface area contributed by atoms with E-state index in [4.69, 9.17) is 0 Å². The summed E-state index contributed by atoms with van der Waals surface area (Å²) in [5, 5.41) is 2.76. The van der Waals surface area contributed by atoms with E-state index in [-0.39, 0.29) is 30.1 Å². The SMILES string of the molecule is CC(=O)N(CCNC(=O)Cc1ccc(F)cc1)C(C)C. The van der Waals surface area contributed by atoms with E-state index in [1.807, 2.05) is 13.8 Å². The molecule has 1 N–H and O–H groups in total. The van der Waals surface area contributed by atoms with Gasteiger partial charge in [0.2, 0.25) is 11.8 Å². The first-order valence-corrected chi connectivity index (χ1v) is 6.68. The molecule has 0 spiro atoms. The Kier molecular flexibility index (Phi) is 6.15. The first-order chi connectivity index (χ1) is 9.40. The number of amides is 2. The van der Waals surface area contributed by atoms with Gasteiger partial charge in [0.1, 0.15) is 5.82 Å². The molecule has 0 fully saturated rings. The Morgan fingerprint density at radius 3 is 2.35 bits per heavy atom. The van der Waals surface area contributed by atoms with Crippen molar-refractivity contribution in [1.82, 2.24) is 10.2 Å². The first-order valence-electron chi connectivity index (χ1n) is 6.68. The lowest BCUT2D eigenvalue weighted by Crippen LogP contribution is -2.41. The van der Waals surface area contributed by atoms with E-state index in [1.54, 1.807) is 17.0 Å². The molecule has 0 bridgehead atoms. The highest BCUT2D eigenvalue weighted by Crippen LogP contribution is 2.03. The molecule has 2 amide bonds. The van der Waals surface area contributed by atoms with Crippen molar-refractivity contribution < 1.29 is 14.0 Å². The van der Waals surface area contributed by atoms with Crippen LogP contribution >= 0.6 is 0 Å². The van der Waals surface area contributed by atoms with Crippen molar-refractivity contribution in [2.24, 2.45) is 0 Å². The van der Waals surface area contributed by atoms with Gasteiger partial charge in [-0.15, -0.1) is 0 Å². The third kappa shape index (κ3) is 5.38. The van der Waals surface area contributed by atoms with Crippen molar-refractivity contribution in [3.63, 3.8) is 0 Å². The fourth-order valence-electron chi connectivity index (χ4n) is 1.95. The van der Waals surface area contributed by atoms with Gasteiger partial charge in [-0.05, 0) is 31.5 Å². The summed E-state index contributed by atoms with van der Waals surface area (Å²) in [5.41, 5.74) is 0.760. The van der Waals surface area contributed by atoms with E-state index in [2.05, 4.69) is 5.32 Å². The largest absolute Gasteiger partial charge is 0.354 e. The van der Waals surface area contributed by atoms with E-state index in [0.717, 1.165) is 5.56 Å². The number of hydrogen-bond acceptors (Lipinski definition) is 2. The monoisotopic (exact) mass is 280 g/mol. The van der Waals surface area contributed by atoms with Crippen molar-refractivity contribution in [1.29, 1.82) is 0 Å². The molecule has 0 saturated heterocycles. The Labute approximate surface area is 119 Å². The Morgan fingerprint density at radius 1 is 1.25 bits per heavy atom. The van der Waals surface area contributed by atoms with Crippen LogP contribution in [0.25, 0.3) is 0 Å². The maximum absolute atomic E-state index is 12.7. The molecular weight excluding hydrogens is 259 g/mol. The van der Waals surface area contributed by atoms with Crippen LogP contribution in [0, 0.1) is 5.82 Å². The van der Waals surface area contributed by atoms with Crippen LogP contribution in [0.3, 0.4) is 0 Å². The van der Waals surface area contributed by atoms with Crippen molar-refractivity contribution in [2.75, 3.05) is 13.1 Å². The van der Waals surface area contributed by atoms with Crippen LogP contribution in [-0.2, 0) is 16.0 Å². The molecular formula is C15H21FN2O2. The second-order valence-corrected chi connectivity index (χ2v) is 4.96. The first kappa shape index (κ1) is 16.1. The smallest absolute Gasteiger partial charge is 0.224 e. The summed E-state index contributed by atoms with van der Waals surface area (Å²) in [6.07, 6.45) is 0.210. The molecule has 0 atom stereocenters. The molecule has 0 heterocycles. The Balaban J connectivity index is 2.36. The van der Waals surface area contributed by atoms with Gasteiger partial charge in [-0.3, -0.25) is 9.59 Å². The molecule has 0 aliphatic heterocycles. The predicted octanol–water partition coefficient (Wildman–Crippen LogP) is 1.74. The molecule has 0 aliphatic rings. The van der Waals surface area contributed by atoms with Crippen molar-refractivity contribution in [3.05, 3.63) is 35.6 Å².